The van der Waals surface area contributed by atoms with Crippen molar-refractivity contribution in [3.63, 3.8) is 0 Å². The molecule has 0 bridgehead atoms. The minimum atomic E-state index is -4.49. The lowest BCUT2D eigenvalue weighted by Gasteiger charge is -2.29. The Morgan fingerprint density at radius 3 is 2.82 bits per heavy atom. The molecule has 1 heterocycles. The van der Waals surface area contributed by atoms with E-state index in [0.717, 1.165) is 6.07 Å². The van der Waals surface area contributed by atoms with Crippen molar-refractivity contribution in [3.8, 4) is 0 Å². The summed E-state index contributed by atoms with van der Waals surface area (Å²) in [5.74, 6) is -0.929. The lowest BCUT2D eigenvalue weighted by Crippen LogP contribution is -2.22. The third-order valence-electron chi connectivity index (χ3n) is 4.99. The second-order valence-electron chi connectivity index (χ2n) is 6.74. The van der Waals surface area contributed by atoms with E-state index in [1.54, 1.807) is 36.4 Å². The number of hydrogen-bond donors (Lipinski definition) is 1. The van der Waals surface area contributed by atoms with E-state index in [1.807, 2.05) is 6.08 Å². The van der Waals surface area contributed by atoms with E-state index < -0.39 is 23.8 Å². The van der Waals surface area contributed by atoms with Gasteiger partial charge in [0.15, 0.2) is 0 Å². The van der Waals surface area contributed by atoms with Gasteiger partial charge in [-0.05, 0) is 18.2 Å². The summed E-state index contributed by atoms with van der Waals surface area (Å²) >= 11 is 0. The Morgan fingerprint density at radius 2 is 2.07 bits per heavy atom. The van der Waals surface area contributed by atoms with E-state index in [1.165, 1.54) is 12.3 Å². The molecule has 0 amide bonds. The van der Waals surface area contributed by atoms with Gasteiger partial charge >= 0.3 is 12.1 Å². The molecule has 1 N–H and O–H groups in total. The number of carboxylic acids is 1. The van der Waals surface area contributed by atoms with Crippen molar-refractivity contribution in [3.05, 3.63) is 77.1 Å². The molecule has 28 heavy (non-hydrogen) atoms. The van der Waals surface area contributed by atoms with Gasteiger partial charge in [-0.1, -0.05) is 36.4 Å². The summed E-state index contributed by atoms with van der Waals surface area (Å²) < 4.78 is 45.7. The fraction of sp³-hybridized carbons (Fsp3) is 0.238. The highest BCUT2D eigenvalue weighted by atomic mass is 19.4. The normalized spacial score (nSPS) is 25.5. The number of aliphatic carboxylic acids is 1. The van der Waals surface area contributed by atoms with Gasteiger partial charge in [-0.2, -0.15) is 13.2 Å². The number of halogens is 3. The standard InChI is InChI=1S/C21H16F3NO3/c22-21(23,24)17-6-2-5-16-18(9-10-25-19(16)17)28-13-7-8-14-12(11-13)3-1-4-15(14)20(26)27/h1-8,10-12,14,18H,9H2,(H,26,27). The lowest BCUT2D eigenvalue weighted by molar-refractivity contribution is -0.137. The van der Waals surface area contributed by atoms with Gasteiger partial charge in [0.1, 0.15) is 11.9 Å². The van der Waals surface area contributed by atoms with Crippen LogP contribution in [0.2, 0.25) is 0 Å². The number of allylic oxidation sites excluding steroid dienone is 6. The highest BCUT2D eigenvalue weighted by Gasteiger charge is 2.37. The van der Waals surface area contributed by atoms with Gasteiger partial charge < -0.3 is 9.84 Å². The number of aliphatic imine (C=N–C) groups is 1. The maximum atomic E-state index is 13.3. The molecule has 0 aromatic heterocycles. The Balaban J connectivity index is 1.59. The van der Waals surface area contributed by atoms with Gasteiger partial charge in [0.25, 0.3) is 0 Å². The monoisotopic (exact) mass is 387 g/mol. The second kappa shape index (κ2) is 6.82. The second-order valence-corrected chi connectivity index (χ2v) is 6.74. The molecular formula is C21H16F3NO3. The minimum Gasteiger partial charge on any atom is -0.486 e. The van der Waals surface area contributed by atoms with E-state index in [4.69, 9.17) is 4.74 Å². The van der Waals surface area contributed by atoms with Crippen LogP contribution in [-0.4, -0.2) is 17.3 Å². The molecule has 0 fully saturated rings. The van der Waals surface area contributed by atoms with Gasteiger partial charge in [0, 0.05) is 35.6 Å². The largest absolute Gasteiger partial charge is 0.486 e. The highest BCUT2D eigenvalue weighted by molar-refractivity contribution is 5.88. The molecule has 144 valence electrons. The van der Waals surface area contributed by atoms with Crippen molar-refractivity contribution in [1.29, 1.82) is 0 Å². The molecule has 2 aliphatic carbocycles. The van der Waals surface area contributed by atoms with Gasteiger partial charge in [0.2, 0.25) is 0 Å². The van der Waals surface area contributed by atoms with Crippen molar-refractivity contribution < 1.29 is 27.8 Å². The van der Waals surface area contributed by atoms with E-state index >= 15 is 0 Å². The predicted molar refractivity (Wildman–Crippen MR) is 97.1 cm³/mol. The number of rotatable bonds is 3. The Bertz CT molecular complexity index is 970. The van der Waals surface area contributed by atoms with Gasteiger partial charge in [0.05, 0.1) is 11.3 Å². The first-order chi connectivity index (χ1) is 13.3. The predicted octanol–water partition coefficient (Wildman–Crippen LogP) is 5.14. The molecular weight excluding hydrogens is 371 g/mol. The van der Waals surface area contributed by atoms with E-state index in [-0.39, 0.29) is 17.5 Å². The third kappa shape index (κ3) is 3.28. The summed E-state index contributed by atoms with van der Waals surface area (Å²) in [6, 6.07) is 3.96. The molecule has 1 aliphatic heterocycles. The van der Waals surface area contributed by atoms with Crippen LogP contribution in [0.25, 0.3) is 0 Å². The number of alkyl halides is 3. The van der Waals surface area contributed by atoms with E-state index in [2.05, 4.69) is 4.99 Å². The molecule has 3 unspecified atom stereocenters. The van der Waals surface area contributed by atoms with Crippen LogP contribution in [0.4, 0.5) is 18.9 Å². The Labute approximate surface area is 159 Å². The summed E-state index contributed by atoms with van der Waals surface area (Å²) in [6.45, 7) is 0. The molecule has 7 heteroatoms. The van der Waals surface area contributed by atoms with Gasteiger partial charge in [-0.25, -0.2) is 4.79 Å². The smallest absolute Gasteiger partial charge is 0.418 e. The zero-order valence-electron chi connectivity index (χ0n) is 14.6. The first kappa shape index (κ1) is 18.3. The SMILES string of the molecule is O=C(O)C1=CC=CC2C=C(OC3CC=Nc4c3cccc4C(F)(F)F)C=CC12. The van der Waals surface area contributed by atoms with Crippen LogP contribution >= 0.6 is 0 Å². The number of ether oxygens (including phenoxy) is 1. The maximum absolute atomic E-state index is 13.3. The summed E-state index contributed by atoms with van der Waals surface area (Å²) in [4.78, 5) is 15.3. The average Bonchev–Trinajstić information content (AvgIpc) is 2.66. The van der Waals surface area contributed by atoms with Crippen molar-refractivity contribution >= 4 is 17.9 Å². The van der Waals surface area contributed by atoms with Gasteiger partial charge in [-0.15, -0.1) is 0 Å². The molecule has 3 atom stereocenters. The first-order valence-corrected chi connectivity index (χ1v) is 8.75. The quantitative estimate of drug-likeness (QED) is 0.782. The van der Waals surface area contributed by atoms with Crippen LogP contribution in [-0.2, 0) is 15.7 Å². The van der Waals surface area contributed by atoms with Crippen LogP contribution < -0.4 is 0 Å². The number of hydrogen-bond acceptors (Lipinski definition) is 3. The number of para-hydroxylation sites is 1. The van der Waals surface area contributed by atoms with E-state index in [0.29, 0.717) is 23.3 Å². The zero-order chi connectivity index (χ0) is 19.9. The van der Waals surface area contributed by atoms with Crippen molar-refractivity contribution in [2.75, 3.05) is 0 Å². The number of fused-ring (bicyclic) bond motifs is 2. The van der Waals surface area contributed by atoms with Crippen LogP contribution in [0.1, 0.15) is 23.7 Å². The number of carboxylic acid groups (broad SMARTS) is 1. The Kier molecular flexibility index (Phi) is 4.45. The first-order valence-electron chi connectivity index (χ1n) is 8.75. The van der Waals surface area contributed by atoms with Crippen LogP contribution in [0.3, 0.4) is 0 Å². The summed E-state index contributed by atoms with van der Waals surface area (Å²) in [5.41, 5.74) is -0.213. The molecule has 0 spiro atoms. The van der Waals surface area contributed by atoms with Crippen LogP contribution in [0, 0.1) is 11.8 Å². The molecule has 4 nitrogen and oxygen atoms in total. The minimum absolute atomic E-state index is 0.113. The fourth-order valence-electron chi connectivity index (χ4n) is 3.69. The zero-order valence-corrected chi connectivity index (χ0v) is 14.6. The summed E-state index contributed by atoms with van der Waals surface area (Å²) in [7, 11) is 0. The molecule has 0 saturated carbocycles. The number of benzene rings is 1. The summed E-state index contributed by atoms with van der Waals surface area (Å²) in [5, 5.41) is 9.31. The molecule has 3 aliphatic rings. The molecule has 0 radical (unpaired) electrons. The molecule has 1 aromatic carbocycles. The fourth-order valence-corrected chi connectivity index (χ4v) is 3.69. The Hall–Kier alpha value is -3.09. The molecule has 0 saturated heterocycles. The highest BCUT2D eigenvalue weighted by Crippen LogP contribution is 2.44. The summed E-state index contributed by atoms with van der Waals surface area (Å²) in [6.07, 6.45) is 7.07. The van der Waals surface area contributed by atoms with Crippen LogP contribution in [0.5, 0.6) is 0 Å². The topological polar surface area (TPSA) is 58.9 Å². The average molecular weight is 387 g/mol. The van der Waals surface area contributed by atoms with Crippen molar-refractivity contribution in [1.82, 2.24) is 0 Å². The Morgan fingerprint density at radius 1 is 1.25 bits per heavy atom. The molecule has 1 aromatic rings. The van der Waals surface area contributed by atoms with Gasteiger partial charge in [-0.3, -0.25) is 4.99 Å². The van der Waals surface area contributed by atoms with Crippen molar-refractivity contribution in [2.45, 2.75) is 18.7 Å². The maximum Gasteiger partial charge on any atom is 0.418 e. The van der Waals surface area contributed by atoms with E-state index in [9.17, 15) is 23.1 Å². The number of carbonyl (C=O) groups is 1. The van der Waals surface area contributed by atoms with Crippen LogP contribution in [0.15, 0.2) is 71.0 Å². The third-order valence-corrected chi connectivity index (χ3v) is 4.99. The lowest BCUT2D eigenvalue weighted by atomic mass is 9.79. The van der Waals surface area contributed by atoms with Crippen molar-refractivity contribution in [2.24, 2.45) is 16.8 Å². The number of nitrogens with zero attached hydrogens (tertiary/aromatic N) is 1. The molecule has 4 rings (SSSR count).